The SMILES string of the molecule is COc1cc2c(cc1OC)C1C[C@@H](O)C=C/C1=C/CNCC2. The molecule has 0 saturated carbocycles. The summed E-state index contributed by atoms with van der Waals surface area (Å²) in [7, 11) is 3.32. The van der Waals surface area contributed by atoms with Crippen molar-refractivity contribution >= 4 is 0 Å². The first-order valence-corrected chi connectivity index (χ1v) is 7.74. The first-order chi connectivity index (χ1) is 10.7. The van der Waals surface area contributed by atoms with Crippen molar-refractivity contribution in [2.45, 2.75) is 24.9 Å². The van der Waals surface area contributed by atoms with Gasteiger partial charge in [-0.1, -0.05) is 18.2 Å². The standard InChI is InChI=1S/C18H23NO3/c1-21-17-9-13-6-8-19-7-5-12-3-4-14(20)10-15(12)16(13)11-18(17)22-2/h3-5,9,11,14-15,19-20H,6-8,10H2,1-2H3/b12-5-/t14-,15?/m0/s1. The summed E-state index contributed by atoms with van der Waals surface area (Å²) < 4.78 is 10.9. The Labute approximate surface area is 131 Å². The molecule has 2 atom stereocenters. The van der Waals surface area contributed by atoms with Crippen LogP contribution in [0.3, 0.4) is 0 Å². The zero-order valence-electron chi connectivity index (χ0n) is 13.1. The van der Waals surface area contributed by atoms with Crippen molar-refractivity contribution in [3.05, 3.63) is 47.1 Å². The number of aliphatic hydroxyl groups excluding tert-OH is 1. The van der Waals surface area contributed by atoms with Crippen LogP contribution in [-0.2, 0) is 6.42 Å². The summed E-state index contributed by atoms with van der Waals surface area (Å²) in [5.41, 5.74) is 3.75. The third-order valence-electron chi connectivity index (χ3n) is 4.46. The largest absolute Gasteiger partial charge is 0.493 e. The molecule has 1 aromatic carbocycles. The lowest BCUT2D eigenvalue weighted by Crippen LogP contribution is -2.17. The van der Waals surface area contributed by atoms with E-state index in [1.54, 1.807) is 14.2 Å². The number of benzene rings is 1. The average Bonchev–Trinajstić information content (AvgIpc) is 2.62. The highest BCUT2D eigenvalue weighted by atomic mass is 16.5. The van der Waals surface area contributed by atoms with E-state index in [4.69, 9.17) is 9.47 Å². The summed E-state index contributed by atoms with van der Waals surface area (Å²) in [5, 5.41) is 13.5. The first kappa shape index (κ1) is 15.1. The number of nitrogens with one attached hydrogen (secondary N) is 1. The quantitative estimate of drug-likeness (QED) is 0.879. The summed E-state index contributed by atoms with van der Waals surface area (Å²) in [6, 6.07) is 4.15. The highest BCUT2D eigenvalue weighted by Crippen LogP contribution is 2.40. The Hall–Kier alpha value is -1.78. The summed E-state index contributed by atoms with van der Waals surface area (Å²) in [5.74, 6) is 1.71. The predicted octanol–water partition coefficient (Wildman–Crippen LogP) is 2.18. The lowest BCUT2D eigenvalue weighted by atomic mass is 9.80. The van der Waals surface area contributed by atoms with Crippen LogP contribution in [0.4, 0.5) is 0 Å². The molecule has 0 radical (unpaired) electrons. The van der Waals surface area contributed by atoms with Crippen LogP contribution in [0, 0.1) is 0 Å². The molecule has 0 aromatic heterocycles. The number of rotatable bonds is 2. The number of hydrogen-bond donors (Lipinski definition) is 2. The number of fused-ring (bicyclic) bond motifs is 3. The van der Waals surface area contributed by atoms with Gasteiger partial charge in [-0.15, -0.1) is 0 Å². The summed E-state index contributed by atoms with van der Waals surface area (Å²) in [6.45, 7) is 1.78. The Morgan fingerprint density at radius 2 is 1.95 bits per heavy atom. The monoisotopic (exact) mass is 301 g/mol. The van der Waals surface area contributed by atoms with Gasteiger partial charge in [-0.3, -0.25) is 0 Å². The van der Waals surface area contributed by atoms with Crippen LogP contribution in [0.2, 0.25) is 0 Å². The number of allylic oxidation sites excluding steroid dienone is 2. The zero-order chi connectivity index (χ0) is 15.5. The minimum atomic E-state index is -0.392. The van der Waals surface area contributed by atoms with Gasteiger partial charge in [0.15, 0.2) is 11.5 Å². The van der Waals surface area contributed by atoms with E-state index in [2.05, 4.69) is 23.5 Å². The number of hydrogen-bond acceptors (Lipinski definition) is 4. The molecule has 2 aliphatic rings. The molecule has 1 aliphatic carbocycles. The molecule has 0 fully saturated rings. The third-order valence-corrected chi connectivity index (χ3v) is 4.46. The summed E-state index contributed by atoms with van der Waals surface area (Å²) in [4.78, 5) is 0. The Balaban J connectivity index is 2.12. The zero-order valence-corrected chi connectivity index (χ0v) is 13.1. The van der Waals surface area contributed by atoms with Crippen LogP contribution >= 0.6 is 0 Å². The second kappa shape index (κ2) is 6.55. The van der Waals surface area contributed by atoms with E-state index in [-0.39, 0.29) is 5.92 Å². The van der Waals surface area contributed by atoms with Gasteiger partial charge < -0.3 is 19.9 Å². The van der Waals surface area contributed by atoms with Crippen molar-refractivity contribution in [2.24, 2.45) is 0 Å². The van der Waals surface area contributed by atoms with Gasteiger partial charge in [0.2, 0.25) is 0 Å². The maximum atomic E-state index is 10.0. The van der Waals surface area contributed by atoms with E-state index in [0.29, 0.717) is 6.42 Å². The number of ether oxygens (including phenoxy) is 2. The first-order valence-electron chi connectivity index (χ1n) is 7.74. The van der Waals surface area contributed by atoms with E-state index in [9.17, 15) is 5.11 Å². The van der Waals surface area contributed by atoms with Gasteiger partial charge in [0, 0.05) is 12.5 Å². The van der Waals surface area contributed by atoms with Crippen LogP contribution in [0.15, 0.2) is 35.9 Å². The molecular formula is C18H23NO3. The van der Waals surface area contributed by atoms with Crippen molar-refractivity contribution in [1.82, 2.24) is 5.32 Å². The average molecular weight is 301 g/mol. The molecule has 0 bridgehead atoms. The van der Waals surface area contributed by atoms with Crippen molar-refractivity contribution in [1.29, 1.82) is 0 Å². The molecule has 1 heterocycles. The number of aliphatic hydroxyl groups is 1. The smallest absolute Gasteiger partial charge is 0.161 e. The van der Waals surface area contributed by atoms with Crippen LogP contribution in [0.25, 0.3) is 0 Å². The molecule has 0 spiro atoms. The van der Waals surface area contributed by atoms with Gasteiger partial charge in [-0.2, -0.15) is 0 Å². The molecule has 2 N–H and O–H groups in total. The molecule has 4 heteroatoms. The fourth-order valence-corrected chi connectivity index (χ4v) is 3.30. The van der Waals surface area contributed by atoms with E-state index < -0.39 is 6.10 Å². The Morgan fingerprint density at radius 3 is 2.73 bits per heavy atom. The van der Waals surface area contributed by atoms with Crippen LogP contribution in [0.1, 0.15) is 23.5 Å². The lowest BCUT2D eigenvalue weighted by Gasteiger charge is -2.27. The molecule has 0 amide bonds. The normalized spacial score (nSPS) is 26.6. The fourth-order valence-electron chi connectivity index (χ4n) is 3.30. The van der Waals surface area contributed by atoms with E-state index >= 15 is 0 Å². The van der Waals surface area contributed by atoms with Crippen molar-refractivity contribution in [3.8, 4) is 11.5 Å². The molecule has 1 unspecified atom stereocenters. The minimum absolute atomic E-state index is 0.203. The predicted molar refractivity (Wildman–Crippen MR) is 86.7 cm³/mol. The molecule has 0 saturated heterocycles. The van der Waals surface area contributed by atoms with Gasteiger partial charge in [0.05, 0.1) is 20.3 Å². The molecule has 3 rings (SSSR count). The van der Waals surface area contributed by atoms with Gasteiger partial charge in [-0.25, -0.2) is 0 Å². The molecule has 1 aliphatic heterocycles. The fraction of sp³-hybridized carbons (Fsp3) is 0.444. The molecule has 1 aromatic rings. The maximum absolute atomic E-state index is 10.0. The van der Waals surface area contributed by atoms with Crippen LogP contribution in [0.5, 0.6) is 11.5 Å². The second-order valence-electron chi connectivity index (χ2n) is 5.78. The topological polar surface area (TPSA) is 50.7 Å². The van der Waals surface area contributed by atoms with Gasteiger partial charge >= 0.3 is 0 Å². The minimum Gasteiger partial charge on any atom is -0.493 e. The van der Waals surface area contributed by atoms with Crippen molar-refractivity contribution < 1.29 is 14.6 Å². The van der Waals surface area contributed by atoms with E-state index in [0.717, 1.165) is 31.0 Å². The summed E-state index contributed by atoms with van der Waals surface area (Å²) in [6.07, 6.45) is 7.40. The Kier molecular flexibility index (Phi) is 4.50. The molecule has 118 valence electrons. The van der Waals surface area contributed by atoms with Gasteiger partial charge in [-0.05, 0) is 48.2 Å². The highest BCUT2D eigenvalue weighted by Gasteiger charge is 2.26. The third kappa shape index (κ3) is 2.89. The van der Waals surface area contributed by atoms with Crippen LogP contribution in [-0.4, -0.2) is 38.5 Å². The van der Waals surface area contributed by atoms with E-state index in [1.165, 1.54) is 16.7 Å². The van der Waals surface area contributed by atoms with Gasteiger partial charge in [0.25, 0.3) is 0 Å². The van der Waals surface area contributed by atoms with Crippen molar-refractivity contribution in [2.75, 3.05) is 27.3 Å². The van der Waals surface area contributed by atoms with E-state index in [1.807, 2.05) is 12.2 Å². The highest BCUT2D eigenvalue weighted by molar-refractivity contribution is 5.52. The maximum Gasteiger partial charge on any atom is 0.161 e. The molecule has 4 nitrogen and oxygen atoms in total. The Bertz CT molecular complexity index is 607. The molecule has 22 heavy (non-hydrogen) atoms. The van der Waals surface area contributed by atoms with Crippen LogP contribution < -0.4 is 14.8 Å². The molecular weight excluding hydrogens is 278 g/mol. The van der Waals surface area contributed by atoms with Gasteiger partial charge in [0.1, 0.15) is 0 Å². The lowest BCUT2D eigenvalue weighted by molar-refractivity contribution is 0.202. The Morgan fingerprint density at radius 1 is 1.18 bits per heavy atom. The summed E-state index contributed by atoms with van der Waals surface area (Å²) >= 11 is 0. The second-order valence-corrected chi connectivity index (χ2v) is 5.78. The van der Waals surface area contributed by atoms with Crippen molar-refractivity contribution in [3.63, 3.8) is 0 Å². The number of methoxy groups -OCH3 is 2.